The Morgan fingerprint density at radius 2 is 1.90 bits per heavy atom. The van der Waals surface area contributed by atoms with Crippen molar-refractivity contribution in [3.63, 3.8) is 0 Å². The Kier molecular flexibility index (Phi) is 6.34. The van der Waals surface area contributed by atoms with Gasteiger partial charge < -0.3 is 19.8 Å². The maximum Gasteiger partial charge on any atom is 0.255 e. The maximum atomic E-state index is 12.7. The lowest BCUT2D eigenvalue weighted by atomic mass is 9.90. The molecule has 2 aromatic rings. The van der Waals surface area contributed by atoms with Crippen LogP contribution in [0.15, 0.2) is 34.9 Å². The summed E-state index contributed by atoms with van der Waals surface area (Å²) in [5.74, 6) is 0.404. The molecule has 2 bridgehead atoms. The summed E-state index contributed by atoms with van der Waals surface area (Å²) in [6.45, 7) is 5.52. The van der Waals surface area contributed by atoms with E-state index in [4.69, 9.17) is 9.15 Å². The van der Waals surface area contributed by atoms with Crippen molar-refractivity contribution in [2.45, 2.75) is 57.2 Å². The zero-order chi connectivity index (χ0) is 22.0. The van der Waals surface area contributed by atoms with Gasteiger partial charge in [-0.05, 0) is 51.5 Å². The molecule has 3 heterocycles. The number of amides is 2. The van der Waals surface area contributed by atoms with Crippen molar-refractivity contribution >= 4 is 22.8 Å². The van der Waals surface area contributed by atoms with E-state index in [1.165, 1.54) is 6.26 Å². The highest BCUT2D eigenvalue weighted by atomic mass is 16.5. The molecule has 3 atom stereocenters. The van der Waals surface area contributed by atoms with Crippen LogP contribution in [0.2, 0.25) is 0 Å². The summed E-state index contributed by atoms with van der Waals surface area (Å²) >= 11 is 0. The minimum absolute atomic E-state index is 0.0533. The first-order valence-electron chi connectivity index (χ1n) is 11.2. The lowest BCUT2D eigenvalue weighted by molar-refractivity contribution is -0.125. The number of furan rings is 1. The van der Waals surface area contributed by atoms with Crippen LogP contribution in [0, 0.1) is 5.92 Å². The Labute approximate surface area is 183 Å². The lowest BCUT2D eigenvalue weighted by Gasteiger charge is -2.39. The van der Waals surface area contributed by atoms with Gasteiger partial charge in [0.2, 0.25) is 5.91 Å². The molecule has 2 saturated heterocycles. The fourth-order valence-electron chi connectivity index (χ4n) is 5.28. The number of ether oxygens (including phenoxy) is 1. The molecule has 1 aromatic carbocycles. The molecule has 4 rings (SSSR count). The molecule has 168 valence electrons. The van der Waals surface area contributed by atoms with Crippen LogP contribution >= 0.6 is 0 Å². The van der Waals surface area contributed by atoms with E-state index < -0.39 is 0 Å². The highest BCUT2D eigenvalue weighted by molar-refractivity contribution is 6.05. The molecule has 7 nitrogen and oxygen atoms in total. The number of hydrogen-bond donors (Lipinski definition) is 2. The van der Waals surface area contributed by atoms with Crippen molar-refractivity contribution in [1.82, 2.24) is 15.5 Å². The summed E-state index contributed by atoms with van der Waals surface area (Å²) in [5.41, 5.74) is 0.947. The van der Waals surface area contributed by atoms with Gasteiger partial charge in [0.05, 0.1) is 24.3 Å². The SMILES string of the molecule is COCC(C)(C)NC(=O)CN1[C@@H]2CC[C@H]1C[C@H](CNC(=O)c1coc3ccccc13)C2. The minimum atomic E-state index is -0.370. The number of nitrogens with one attached hydrogen (secondary N) is 2. The number of hydrogen-bond acceptors (Lipinski definition) is 5. The molecular formula is C24H33N3O4. The third-order valence-electron chi connectivity index (χ3n) is 6.57. The van der Waals surface area contributed by atoms with E-state index in [2.05, 4.69) is 15.5 Å². The first-order valence-corrected chi connectivity index (χ1v) is 11.2. The third-order valence-corrected chi connectivity index (χ3v) is 6.57. The van der Waals surface area contributed by atoms with Gasteiger partial charge in [0.15, 0.2) is 0 Å². The topological polar surface area (TPSA) is 83.8 Å². The molecule has 2 N–H and O–H groups in total. The van der Waals surface area contributed by atoms with Crippen LogP contribution in [0.4, 0.5) is 0 Å². The van der Waals surface area contributed by atoms with Gasteiger partial charge in [0.25, 0.3) is 5.91 Å². The highest BCUT2D eigenvalue weighted by Gasteiger charge is 2.41. The van der Waals surface area contributed by atoms with Gasteiger partial charge in [-0.1, -0.05) is 18.2 Å². The van der Waals surface area contributed by atoms with Gasteiger partial charge in [-0.15, -0.1) is 0 Å². The molecule has 0 unspecified atom stereocenters. The number of carbonyl (C=O) groups is 2. The van der Waals surface area contributed by atoms with E-state index in [-0.39, 0.29) is 17.4 Å². The van der Waals surface area contributed by atoms with Gasteiger partial charge in [-0.2, -0.15) is 0 Å². The van der Waals surface area contributed by atoms with Crippen LogP contribution in [0.25, 0.3) is 11.0 Å². The number of fused-ring (bicyclic) bond motifs is 3. The van der Waals surface area contributed by atoms with Crippen molar-refractivity contribution in [2.75, 3.05) is 26.8 Å². The van der Waals surface area contributed by atoms with Crippen LogP contribution in [0.1, 0.15) is 49.9 Å². The summed E-state index contributed by atoms with van der Waals surface area (Å²) in [7, 11) is 1.65. The molecule has 0 spiro atoms. The van der Waals surface area contributed by atoms with E-state index in [0.29, 0.717) is 43.3 Å². The normalized spacial score (nSPS) is 23.8. The van der Waals surface area contributed by atoms with Crippen LogP contribution < -0.4 is 10.6 Å². The van der Waals surface area contributed by atoms with E-state index in [0.717, 1.165) is 36.7 Å². The number of para-hydroxylation sites is 1. The summed E-state index contributed by atoms with van der Waals surface area (Å²) in [4.78, 5) is 27.6. The van der Waals surface area contributed by atoms with Gasteiger partial charge >= 0.3 is 0 Å². The fourth-order valence-corrected chi connectivity index (χ4v) is 5.28. The van der Waals surface area contributed by atoms with Crippen LogP contribution in [-0.4, -0.2) is 61.1 Å². The molecule has 0 saturated carbocycles. The molecule has 7 heteroatoms. The molecule has 2 amide bonds. The molecular weight excluding hydrogens is 394 g/mol. The number of rotatable bonds is 8. The van der Waals surface area contributed by atoms with E-state index in [1.54, 1.807) is 7.11 Å². The summed E-state index contributed by atoms with van der Waals surface area (Å²) in [6, 6.07) is 8.40. The smallest absolute Gasteiger partial charge is 0.255 e. The Morgan fingerprint density at radius 3 is 2.61 bits per heavy atom. The number of benzene rings is 1. The molecule has 0 radical (unpaired) electrons. The van der Waals surface area contributed by atoms with E-state index in [1.807, 2.05) is 38.1 Å². The zero-order valence-corrected chi connectivity index (χ0v) is 18.6. The van der Waals surface area contributed by atoms with Crippen molar-refractivity contribution < 1.29 is 18.7 Å². The molecule has 0 aliphatic carbocycles. The maximum absolute atomic E-state index is 12.7. The minimum Gasteiger partial charge on any atom is -0.463 e. The summed E-state index contributed by atoms with van der Waals surface area (Å²) in [6.07, 6.45) is 5.80. The standard InChI is InChI=1S/C24H33N3O4/c1-24(2,15-30-3)26-22(28)13-27-17-8-9-18(27)11-16(10-17)12-25-23(29)20-14-31-21-7-5-4-6-19(20)21/h4-7,14,16-18H,8-13,15H2,1-3H3,(H,25,29)(H,26,28)/t16-,17-,18+. The Balaban J connectivity index is 1.29. The zero-order valence-electron chi connectivity index (χ0n) is 18.6. The van der Waals surface area contributed by atoms with Crippen LogP contribution in [0.3, 0.4) is 0 Å². The highest BCUT2D eigenvalue weighted by Crippen LogP contribution is 2.38. The van der Waals surface area contributed by atoms with Crippen molar-refractivity contribution in [2.24, 2.45) is 5.92 Å². The fraction of sp³-hybridized carbons (Fsp3) is 0.583. The largest absolute Gasteiger partial charge is 0.463 e. The number of methoxy groups -OCH3 is 1. The average Bonchev–Trinajstić information content (AvgIpc) is 3.23. The first-order chi connectivity index (χ1) is 14.9. The first kappa shape index (κ1) is 21.8. The van der Waals surface area contributed by atoms with Gasteiger partial charge in [0.1, 0.15) is 11.8 Å². The molecule has 31 heavy (non-hydrogen) atoms. The molecule has 2 fully saturated rings. The quantitative estimate of drug-likeness (QED) is 0.677. The number of nitrogens with zero attached hydrogens (tertiary/aromatic N) is 1. The number of carbonyl (C=O) groups excluding carboxylic acids is 2. The summed E-state index contributed by atoms with van der Waals surface area (Å²) in [5, 5.41) is 7.03. The second kappa shape index (κ2) is 9.01. The predicted molar refractivity (Wildman–Crippen MR) is 119 cm³/mol. The molecule has 2 aliphatic rings. The van der Waals surface area contributed by atoms with Crippen LogP contribution in [0.5, 0.6) is 0 Å². The van der Waals surface area contributed by atoms with E-state index >= 15 is 0 Å². The Morgan fingerprint density at radius 1 is 1.19 bits per heavy atom. The number of piperidine rings is 1. The Bertz CT molecular complexity index is 924. The average molecular weight is 428 g/mol. The third kappa shape index (κ3) is 4.93. The second-order valence-electron chi connectivity index (χ2n) is 9.62. The van der Waals surface area contributed by atoms with E-state index in [9.17, 15) is 9.59 Å². The Hall–Kier alpha value is -2.38. The van der Waals surface area contributed by atoms with Crippen molar-refractivity contribution in [3.05, 3.63) is 36.1 Å². The molecule has 1 aromatic heterocycles. The van der Waals surface area contributed by atoms with Crippen molar-refractivity contribution in [1.29, 1.82) is 0 Å². The monoisotopic (exact) mass is 427 g/mol. The van der Waals surface area contributed by atoms with Gasteiger partial charge in [0, 0.05) is 31.1 Å². The van der Waals surface area contributed by atoms with Gasteiger partial charge in [-0.3, -0.25) is 14.5 Å². The second-order valence-corrected chi connectivity index (χ2v) is 9.62. The van der Waals surface area contributed by atoms with Crippen molar-refractivity contribution in [3.8, 4) is 0 Å². The lowest BCUT2D eigenvalue weighted by Crippen LogP contribution is -2.53. The predicted octanol–water partition coefficient (Wildman–Crippen LogP) is 2.95. The molecule has 2 aliphatic heterocycles. The summed E-state index contributed by atoms with van der Waals surface area (Å²) < 4.78 is 10.7. The van der Waals surface area contributed by atoms with Crippen LogP contribution in [-0.2, 0) is 9.53 Å². The van der Waals surface area contributed by atoms with Gasteiger partial charge in [-0.25, -0.2) is 0 Å².